The van der Waals surface area contributed by atoms with Crippen LogP contribution in [0, 0.1) is 0 Å². The number of hydrogen-bond donors (Lipinski definition) is 0. The molecule has 1 aromatic heterocycles. The van der Waals surface area contributed by atoms with E-state index in [0.717, 1.165) is 12.1 Å². The molecule has 2 aromatic carbocycles. The van der Waals surface area contributed by atoms with Gasteiger partial charge >= 0.3 is 0 Å². The number of hydrogen-bond acceptors (Lipinski definition) is 3. The summed E-state index contributed by atoms with van der Waals surface area (Å²) >= 11 is 0. The highest BCUT2D eigenvalue weighted by Crippen LogP contribution is 2.25. The molecule has 1 amide bonds. The van der Waals surface area contributed by atoms with Crippen LogP contribution in [0.15, 0.2) is 72.9 Å². The minimum Gasteiger partial charge on any atom is -0.493 e. The molecule has 0 aliphatic carbocycles. The maximum atomic E-state index is 13.0. The topological polar surface area (TPSA) is 47.4 Å². The van der Waals surface area contributed by atoms with Crippen LogP contribution in [0.1, 0.15) is 22.5 Å². The van der Waals surface area contributed by atoms with E-state index in [4.69, 9.17) is 4.74 Å². The third-order valence-electron chi connectivity index (χ3n) is 4.76. The van der Waals surface area contributed by atoms with Gasteiger partial charge in [0.15, 0.2) is 11.4 Å². The maximum Gasteiger partial charge on any atom is 0.278 e. The molecule has 0 fully saturated rings. The Bertz CT molecular complexity index is 962. The Hall–Kier alpha value is -3.34. The molecule has 2 heterocycles. The van der Waals surface area contributed by atoms with Crippen LogP contribution in [-0.4, -0.2) is 40.8 Å². The molecule has 1 aliphatic rings. The zero-order chi connectivity index (χ0) is 18.6. The third kappa shape index (κ3) is 3.49. The summed E-state index contributed by atoms with van der Waals surface area (Å²) < 4.78 is 7.09. The van der Waals surface area contributed by atoms with Crippen LogP contribution in [0.4, 0.5) is 0 Å². The van der Waals surface area contributed by atoms with Crippen molar-refractivity contribution in [1.29, 1.82) is 0 Å². The molecular weight excluding hydrogens is 338 g/mol. The van der Waals surface area contributed by atoms with Crippen molar-refractivity contribution in [3.63, 3.8) is 0 Å². The van der Waals surface area contributed by atoms with E-state index in [2.05, 4.69) is 23.3 Å². The number of benzene rings is 2. The molecule has 0 radical (unpaired) electrons. The lowest BCUT2D eigenvalue weighted by Gasteiger charge is -2.26. The van der Waals surface area contributed by atoms with Crippen molar-refractivity contribution < 1.29 is 9.53 Å². The fourth-order valence-corrected chi connectivity index (χ4v) is 3.29. The number of carbonyl (C=O) groups is 1. The second-order valence-corrected chi connectivity index (χ2v) is 6.42. The average Bonchev–Trinajstić information content (AvgIpc) is 3.19. The highest BCUT2D eigenvalue weighted by molar-refractivity contribution is 5.95. The van der Waals surface area contributed by atoms with Crippen LogP contribution in [0.3, 0.4) is 0 Å². The zero-order valence-electron chi connectivity index (χ0n) is 15.2. The lowest BCUT2D eigenvalue weighted by molar-refractivity contribution is 0.0763. The minimum atomic E-state index is -0.107. The number of methoxy groups -OCH3 is 1. The molecule has 27 heavy (non-hydrogen) atoms. The lowest BCUT2D eigenvalue weighted by atomic mass is 9.99. The second kappa shape index (κ2) is 7.50. The smallest absolute Gasteiger partial charge is 0.278 e. The van der Waals surface area contributed by atoms with E-state index in [9.17, 15) is 4.79 Å². The molecule has 0 atom stereocenters. The van der Waals surface area contributed by atoms with Gasteiger partial charge in [-0.1, -0.05) is 54.6 Å². The van der Waals surface area contributed by atoms with E-state index in [-0.39, 0.29) is 5.91 Å². The Kier molecular flexibility index (Phi) is 4.75. The minimum absolute atomic E-state index is 0.107. The molecule has 0 N–H and O–H groups in total. The maximum absolute atomic E-state index is 13.0. The van der Waals surface area contributed by atoms with E-state index < -0.39 is 0 Å². The van der Waals surface area contributed by atoms with E-state index in [0.29, 0.717) is 24.5 Å². The van der Waals surface area contributed by atoms with Gasteiger partial charge in [0.2, 0.25) is 0 Å². The summed E-state index contributed by atoms with van der Waals surface area (Å²) in [5.74, 6) is 0.381. The van der Waals surface area contributed by atoms with Gasteiger partial charge in [0.25, 0.3) is 5.91 Å². The third-order valence-corrected chi connectivity index (χ3v) is 4.76. The second-order valence-electron chi connectivity index (χ2n) is 6.42. The van der Waals surface area contributed by atoms with E-state index in [1.807, 2.05) is 53.4 Å². The van der Waals surface area contributed by atoms with Gasteiger partial charge < -0.3 is 9.64 Å². The largest absolute Gasteiger partial charge is 0.493 e. The summed E-state index contributed by atoms with van der Waals surface area (Å²) in [6, 6.07) is 20.0. The average molecular weight is 359 g/mol. The van der Waals surface area contributed by atoms with Crippen molar-refractivity contribution in [2.75, 3.05) is 20.2 Å². The fourth-order valence-electron chi connectivity index (χ4n) is 3.29. The summed E-state index contributed by atoms with van der Waals surface area (Å²) in [5, 5.41) is 4.48. The predicted octanol–water partition coefficient (Wildman–Crippen LogP) is 3.81. The van der Waals surface area contributed by atoms with Crippen LogP contribution >= 0.6 is 0 Å². The van der Waals surface area contributed by atoms with Crippen molar-refractivity contribution in [2.24, 2.45) is 0 Å². The van der Waals surface area contributed by atoms with Crippen molar-refractivity contribution in [3.8, 4) is 11.4 Å². The van der Waals surface area contributed by atoms with Crippen molar-refractivity contribution in [2.45, 2.75) is 6.42 Å². The van der Waals surface area contributed by atoms with Crippen molar-refractivity contribution in [3.05, 3.63) is 84.2 Å². The molecular formula is C22H21N3O2. The monoisotopic (exact) mass is 359 g/mol. The SMILES string of the molecule is COc1cn(-c2ccccc2)nc1C(=O)N1CC=C(c2ccccc2)CC1. The van der Waals surface area contributed by atoms with E-state index in [1.165, 1.54) is 11.1 Å². The number of ether oxygens (including phenoxy) is 1. The first-order valence-corrected chi connectivity index (χ1v) is 8.99. The predicted molar refractivity (Wildman–Crippen MR) is 105 cm³/mol. The number of nitrogens with zero attached hydrogens (tertiary/aromatic N) is 3. The van der Waals surface area contributed by atoms with Gasteiger partial charge in [-0.3, -0.25) is 4.79 Å². The Morgan fingerprint density at radius 3 is 2.37 bits per heavy atom. The Morgan fingerprint density at radius 1 is 1.04 bits per heavy atom. The quantitative estimate of drug-likeness (QED) is 0.712. The zero-order valence-corrected chi connectivity index (χ0v) is 15.2. The summed E-state index contributed by atoms with van der Waals surface area (Å²) in [4.78, 5) is 14.8. The van der Waals surface area contributed by atoms with Crippen LogP contribution in [0.5, 0.6) is 5.75 Å². The number of aromatic nitrogens is 2. The summed E-state index contributed by atoms with van der Waals surface area (Å²) in [7, 11) is 1.56. The molecule has 0 spiro atoms. The molecule has 0 unspecified atom stereocenters. The van der Waals surface area contributed by atoms with Gasteiger partial charge in [-0.15, -0.1) is 0 Å². The van der Waals surface area contributed by atoms with Crippen LogP contribution < -0.4 is 4.74 Å². The highest BCUT2D eigenvalue weighted by atomic mass is 16.5. The van der Waals surface area contributed by atoms with Crippen LogP contribution in [-0.2, 0) is 0 Å². The number of carbonyl (C=O) groups excluding carboxylic acids is 1. The van der Waals surface area contributed by atoms with Gasteiger partial charge in [0.1, 0.15) is 0 Å². The number of amides is 1. The molecule has 5 nitrogen and oxygen atoms in total. The van der Waals surface area contributed by atoms with Crippen LogP contribution in [0.2, 0.25) is 0 Å². The number of para-hydroxylation sites is 1. The van der Waals surface area contributed by atoms with Gasteiger partial charge in [0.05, 0.1) is 19.0 Å². The molecule has 0 bridgehead atoms. The van der Waals surface area contributed by atoms with Gasteiger partial charge in [-0.25, -0.2) is 4.68 Å². The molecule has 0 saturated heterocycles. The van der Waals surface area contributed by atoms with Gasteiger partial charge in [-0.2, -0.15) is 5.10 Å². The first-order chi connectivity index (χ1) is 13.3. The highest BCUT2D eigenvalue weighted by Gasteiger charge is 2.25. The van der Waals surface area contributed by atoms with Crippen molar-refractivity contribution >= 4 is 11.5 Å². The van der Waals surface area contributed by atoms with Gasteiger partial charge in [-0.05, 0) is 29.7 Å². The standard InChI is InChI=1S/C22H21N3O2/c1-27-20-16-25(19-10-6-3-7-11-19)23-21(20)22(26)24-14-12-18(13-15-24)17-8-4-2-5-9-17/h2-12,16H,13-15H2,1H3. The van der Waals surface area contributed by atoms with Crippen LogP contribution in [0.25, 0.3) is 11.3 Å². The Balaban J connectivity index is 1.55. The van der Waals surface area contributed by atoms with Gasteiger partial charge in [0, 0.05) is 13.1 Å². The summed E-state index contributed by atoms with van der Waals surface area (Å²) in [6.45, 7) is 1.24. The summed E-state index contributed by atoms with van der Waals surface area (Å²) in [6.07, 6.45) is 4.70. The molecule has 0 saturated carbocycles. The Morgan fingerprint density at radius 2 is 1.74 bits per heavy atom. The van der Waals surface area contributed by atoms with E-state index >= 15 is 0 Å². The Labute approximate surface area is 158 Å². The first kappa shape index (κ1) is 17.1. The normalized spacial score (nSPS) is 14.0. The molecule has 4 rings (SSSR count). The molecule has 1 aliphatic heterocycles. The molecule has 5 heteroatoms. The van der Waals surface area contributed by atoms with E-state index in [1.54, 1.807) is 18.0 Å². The summed E-state index contributed by atoms with van der Waals surface area (Å²) in [5.41, 5.74) is 3.73. The number of rotatable bonds is 4. The molecule has 3 aromatic rings. The lowest BCUT2D eigenvalue weighted by Crippen LogP contribution is -2.35. The molecule has 136 valence electrons. The fraction of sp³-hybridized carbons (Fsp3) is 0.182. The first-order valence-electron chi connectivity index (χ1n) is 8.99. The van der Waals surface area contributed by atoms with Crippen molar-refractivity contribution in [1.82, 2.24) is 14.7 Å².